The molecule has 0 unspecified atom stereocenters. The molecule has 3 N–H and O–H groups in total. The highest BCUT2D eigenvalue weighted by molar-refractivity contribution is 5.74. The fourth-order valence-electron chi connectivity index (χ4n) is 1.26. The van der Waals surface area contributed by atoms with Crippen LogP contribution in [0, 0.1) is 0 Å². The molecule has 70 valence electrons. The van der Waals surface area contributed by atoms with Gasteiger partial charge >= 0.3 is 0 Å². The molecule has 0 aliphatic heterocycles. The number of benzene rings is 1. The Morgan fingerprint density at radius 2 is 2.00 bits per heavy atom. The lowest BCUT2D eigenvalue weighted by Gasteiger charge is -2.11. The van der Waals surface area contributed by atoms with Crippen LogP contribution in [0.25, 0.3) is 0 Å². The molecule has 0 spiro atoms. The van der Waals surface area contributed by atoms with Crippen molar-refractivity contribution in [3.05, 3.63) is 35.9 Å². The lowest BCUT2D eigenvalue weighted by Crippen LogP contribution is -2.17. The van der Waals surface area contributed by atoms with Crippen molar-refractivity contribution >= 4 is 5.91 Å². The molecule has 1 rings (SSSR count). The van der Waals surface area contributed by atoms with Crippen LogP contribution in [-0.2, 0) is 4.79 Å². The first-order chi connectivity index (χ1) is 6.24. The number of carbonyl (C=O) groups excluding carboxylic acids is 1. The van der Waals surface area contributed by atoms with Gasteiger partial charge in [-0.2, -0.15) is 0 Å². The zero-order chi connectivity index (χ0) is 9.68. The van der Waals surface area contributed by atoms with Crippen molar-refractivity contribution in [3.63, 3.8) is 0 Å². The van der Waals surface area contributed by atoms with Crippen molar-refractivity contribution in [2.45, 2.75) is 12.3 Å². The molecule has 0 aromatic heterocycles. The summed E-state index contributed by atoms with van der Waals surface area (Å²) < 4.78 is 0. The molecule has 1 aromatic carbocycles. The van der Waals surface area contributed by atoms with Gasteiger partial charge in [0.05, 0.1) is 6.61 Å². The summed E-state index contributed by atoms with van der Waals surface area (Å²) in [7, 11) is 0. The Kier molecular flexibility index (Phi) is 3.46. The third-order valence-corrected chi connectivity index (χ3v) is 1.94. The lowest BCUT2D eigenvalue weighted by molar-refractivity contribution is -0.118. The van der Waals surface area contributed by atoms with Crippen molar-refractivity contribution in [2.24, 2.45) is 5.73 Å². The normalized spacial score (nSPS) is 12.4. The predicted octanol–water partition coefficient (Wildman–Crippen LogP) is 0.638. The van der Waals surface area contributed by atoms with Crippen LogP contribution in [0.3, 0.4) is 0 Å². The number of hydrogen-bond donors (Lipinski definition) is 2. The van der Waals surface area contributed by atoms with E-state index in [4.69, 9.17) is 10.8 Å². The number of primary amides is 1. The van der Waals surface area contributed by atoms with Gasteiger partial charge in [0.25, 0.3) is 0 Å². The Labute approximate surface area is 77.2 Å². The van der Waals surface area contributed by atoms with Crippen LogP contribution < -0.4 is 5.73 Å². The largest absolute Gasteiger partial charge is 0.396 e. The summed E-state index contributed by atoms with van der Waals surface area (Å²) in [6.07, 6.45) is 0.195. The minimum absolute atomic E-state index is 0.0487. The Hall–Kier alpha value is -1.35. The number of carbonyl (C=O) groups is 1. The molecule has 0 saturated carbocycles. The van der Waals surface area contributed by atoms with Crippen molar-refractivity contribution in [3.8, 4) is 0 Å². The summed E-state index contributed by atoms with van der Waals surface area (Å²) in [5, 5.41) is 9.02. The first-order valence-electron chi connectivity index (χ1n) is 4.18. The van der Waals surface area contributed by atoms with Gasteiger partial charge in [-0.05, 0) is 5.56 Å². The summed E-state index contributed by atoms with van der Waals surface area (Å²) in [5.41, 5.74) is 6.00. The standard InChI is InChI=1S/C10H13NO2/c11-10(13)6-9(7-12)8-4-2-1-3-5-8/h1-5,9,12H,6-7H2,(H2,11,13)/t9-/m0/s1. The first kappa shape index (κ1) is 9.74. The van der Waals surface area contributed by atoms with Gasteiger partial charge in [-0.3, -0.25) is 4.79 Å². The van der Waals surface area contributed by atoms with Crippen molar-refractivity contribution in [1.29, 1.82) is 0 Å². The second-order valence-electron chi connectivity index (χ2n) is 2.96. The first-order valence-corrected chi connectivity index (χ1v) is 4.18. The SMILES string of the molecule is NC(=O)C[C@@H](CO)c1ccccc1. The van der Waals surface area contributed by atoms with Crippen LogP contribution in [0.4, 0.5) is 0 Å². The van der Waals surface area contributed by atoms with Gasteiger partial charge in [0.2, 0.25) is 5.91 Å². The van der Waals surface area contributed by atoms with Crippen molar-refractivity contribution in [2.75, 3.05) is 6.61 Å². The van der Waals surface area contributed by atoms with Gasteiger partial charge in [0.15, 0.2) is 0 Å². The molecule has 1 atom stereocenters. The van der Waals surface area contributed by atoms with Crippen LogP contribution in [-0.4, -0.2) is 17.6 Å². The maximum Gasteiger partial charge on any atom is 0.218 e. The van der Waals surface area contributed by atoms with E-state index in [1.807, 2.05) is 30.3 Å². The van der Waals surface area contributed by atoms with E-state index < -0.39 is 0 Å². The molecule has 13 heavy (non-hydrogen) atoms. The van der Waals surface area contributed by atoms with E-state index >= 15 is 0 Å². The summed E-state index contributed by atoms with van der Waals surface area (Å²) in [6, 6.07) is 9.40. The molecule has 0 radical (unpaired) electrons. The topological polar surface area (TPSA) is 63.3 Å². The average Bonchev–Trinajstić information content (AvgIpc) is 2.15. The smallest absolute Gasteiger partial charge is 0.218 e. The zero-order valence-corrected chi connectivity index (χ0v) is 7.31. The molecule has 1 amide bonds. The van der Waals surface area contributed by atoms with Gasteiger partial charge in [0, 0.05) is 12.3 Å². The van der Waals surface area contributed by atoms with E-state index in [1.165, 1.54) is 0 Å². The number of amides is 1. The van der Waals surface area contributed by atoms with Crippen LogP contribution >= 0.6 is 0 Å². The highest BCUT2D eigenvalue weighted by Gasteiger charge is 2.12. The highest BCUT2D eigenvalue weighted by atomic mass is 16.3. The summed E-state index contributed by atoms with van der Waals surface area (Å²) in [5.74, 6) is -0.554. The second kappa shape index (κ2) is 4.62. The highest BCUT2D eigenvalue weighted by Crippen LogP contribution is 2.17. The number of rotatable bonds is 4. The van der Waals surface area contributed by atoms with Crippen molar-refractivity contribution < 1.29 is 9.90 Å². The second-order valence-corrected chi connectivity index (χ2v) is 2.96. The van der Waals surface area contributed by atoms with Gasteiger partial charge in [-0.15, -0.1) is 0 Å². The average molecular weight is 179 g/mol. The Balaban J connectivity index is 2.73. The molecule has 0 heterocycles. The van der Waals surface area contributed by atoms with E-state index in [9.17, 15) is 4.79 Å². The minimum atomic E-state index is -0.386. The van der Waals surface area contributed by atoms with Crippen LogP contribution in [0.5, 0.6) is 0 Å². The number of aliphatic hydroxyl groups is 1. The maximum absolute atomic E-state index is 10.7. The molecule has 0 saturated heterocycles. The van der Waals surface area contributed by atoms with E-state index in [-0.39, 0.29) is 24.9 Å². The van der Waals surface area contributed by atoms with E-state index in [2.05, 4.69) is 0 Å². The van der Waals surface area contributed by atoms with Crippen molar-refractivity contribution in [1.82, 2.24) is 0 Å². The molecule has 0 bridgehead atoms. The quantitative estimate of drug-likeness (QED) is 0.712. The number of nitrogens with two attached hydrogens (primary N) is 1. The van der Waals surface area contributed by atoms with Gasteiger partial charge in [-0.1, -0.05) is 30.3 Å². The van der Waals surface area contributed by atoms with Gasteiger partial charge in [-0.25, -0.2) is 0 Å². The van der Waals surface area contributed by atoms with E-state index in [0.29, 0.717) is 0 Å². The summed E-state index contributed by atoms with van der Waals surface area (Å²) in [6.45, 7) is -0.0487. The molecule has 3 heteroatoms. The molecule has 3 nitrogen and oxygen atoms in total. The molecule has 1 aromatic rings. The Bertz CT molecular complexity index is 272. The Morgan fingerprint density at radius 3 is 2.46 bits per heavy atom. The predicted molar refractivity (Wildman–Crippen MR) is 50.1 cm³/mol. The third kappa shape index (κ3) is 2.87. The van der Waals surface area contributed by atoms with E-state index in [0.717, 1.165) is 5.56 Å². The van der Waals surface area contributed by atoms with Crippen LogP contribution in [0.15, 0.2) is 30.3 Å². The summed E-state index contributed by atoms with van der Waals surface area (Å²) >= 11 is 0. The molecule has 0 fully saturated rings. The maximum atomic E-state index is 10.7. The third-order valence-electron chi connectivity index (χ3n) is 1.94. The zero-order valence-electron chi connectivity index (χ0n) is 7.31. The fraction of sp³-hybridized carbons (Fsp3) is 0.300. The molecule has 0 aliphatic rings. The number of aliphatic hydroxyl groups excluding tert-OH is 1. The Morgan fingerprint density at radius 1 is 1.38 bits per heavy atom. The van der Waals surface area contributed by atoms with Gasteiger partial charge in [0.1, 0.15) is 0 Å². The fourth-order valence-corrected chi connectivity index (χ4v) is 1.26. The number of hydrogen-bond acceptors (Lipinski definition) is 2. The molecule has 0 aliphatic carbocycles. The van der Waals surface area contributed by atoms with Crippen LogP contribution in [0.1, 0.15) is 17.9 Å². The summed E-state index contributed by atoms with van der Waals surface area (Å²) in [4.78, 5) is 10.7. The molecular weight excluding hydrogens is 166 g/mol. The monoisotopic (exact) mass is 179 g/mol. The molecular formula is C10H13NO2. The minimum Gasteiger partial charge on any atom is -0.396 e. The van der Waals surface area contributed by atoms with E-state index in [1.54, 1.807) is 0 Å². The van der Waals surface area contributed by atoms with Crippen LogP contribution in [0.2, 0.25) is 0 Å². The lowest BCUT2D eigenvalue weighted by atomic mass is 9.96. The van der Waals surface area contributed by atoms with Gasteiger partial charge < -0.3 is 10.8 Å².